The van der Waals surface area contributed by atoms with E-state index in [4.69, 9.17) is 0 Å². The summed E-state index contributed by atoms with van der Waals surface area (Å²) in [6, 6.07) is 22.0. The first-order valence-electron chi connectivity index (χ1n) is 11.8. The van der Waals surface area contributed by atoms with Gasteiger partial charge in [-0.3, -0.25) is 9.59 Å². The number of fused-ring (bicyclic) bond motifs is 1. The van der Waals surface area contributed by atoms with Crippen LogP contribution in [0.1, 0.15) is 64.5 Å². The van der Waals surface area contributed by atoms with Crippen LogP contribution in [0.25, 0.3) is 0 Å². The number of hydrogen-bond acceptors (Lipinski definition) is 3. The van der Waals surface area contributed by atoms with Crippen molar-refractivity contribution in [3.63, 3.8) is 0 Å². The van der Waals surface area contributed by atoms with Gasteiger partial charge in [0.2, 0.25) is 5.91 Å². The number of hydrogen-bond donors (Lipinski definition) is 0. The van der Waals surface area contributed by atoms with Crippen LogP contribution in [0.5, 0.6) is 0 Å². The smallest absolute Gasteiger partial charge is 0.254 e. The van der Waals surface area contributed by atoms with Crippen LogP contribution in [0.15, 0.2) is 72.1 Å². The maximum atomic E-state index is 14.2. The van der Waals surface area contributed by atoms with Gasteiger partial charge in [0.15, 0.2) is 0 Å². The highest BCUT2D eigenvalue weighted by Crippen LogP contribution is 2.46. The van der Waals surface area contributed by atoms with Crippen LogP contribution in [-0.4, -0.2) is 41.2 Å². The van der Waals surface area contributed by atoms with Crippen molar-refractivity contribution < 1.29 is 9.59 Å². The van der Waals surface area contributed by atoms with E-state index in [0.717, 1.165) is 30.0 Å². The fourth-order valence-corrected chi connectivity index (χ4v) is 6.26. The van der Waals surface area contributed by atoms with Crippen molar-refractivity contribution in [3.8, 4) is 0 Å². The van der Waals surface area contributed by atoms with Gasteiger partial charge in [-0.05, 0) is 41.0 Å². The van der Waals surface area contributed by atoms with E-state index in [1.165, 1.54) is 5.56 Å². The lowest BCUT2D eigenvalue weighted by Crippen LogP contribution is -2.48. The third-order valence-corrected chi connectivity index (χ3v) is 7.82. The zero-order chi connectivity index (χ0) is 22.9. The molecule has 1 fully saturated rings. The van der Waals surface area contributed by atoms with Gasteiger partial charge < -0.3 is 9.80 Å². The molecule has 1 aromatic heterocycles. The summed E-state index contributed by atoms with van der Waals surface area (Å²) in [7, 11) is 0. The number of thiophene rings is 1. The highest BCUT2D eigenvalue weighted by atomic mass is 32.1. The van der Waals surface area contributed by atoms with Gasteiger partial charge in [0, 0.05) is 36.0 Å². The van der Waals surface area contributed by atoms with Crippen molar-refractivity contribution in [2.75, 3.05) is 19.6 Å². The number of amides is 2. The van der Waals surface area contributed by atoms with Crippen LogP contribution < -0.4 is 0 Å². The lowest BCUT2D eigenvalue weighted by Gasteiger charge is -2.43. The average Bonchev–Trinajstić information content (AvgIpc) is 3.53. The Morgan fingerprint density at radius 1 is 1.03 bits per heavy atom. The summed E-state index contributed by atoms with van der Waals surface area (Å²) in [6.07, 6.45) is 0.975. The molecule has 3 heterocycles. The molecule has 0 spiro atoms. The van der Waals surface area contributed by atoms with Gasteiger partial charge in [0.05, 0.1) is 12.0 Å². The van der Waals surface area contributed by atoms with Gasteiger partial charge in [-0.25, -0.2) is 0 Å². The largest absolute Gasteiger partial charge is 0.341 e. The Balaban J connectivity index is 1.54. The quantitative estimate of drug-likeness (QED) is 0.492. The number of rotatable bonds is 5. The number of likely N-dealkylation sites (tertiary alicyclic amines) is 1. The fraction of sp³-hybridized carbons (Fsp3) is 0.357. The van der Waals surface area contributed by atoms with Gasteiger partial charge >= 0.3 is 0 Å². The first-order chi connectivity index (χ1) is 16.0. The molecule has 3 aromatic rings. The van der Waals surface area contributed by atoms with E-state index in [-0.39, 0.29) is 23.8 Å². The Labute approximate surface area is 199 Å². The molecule has 1 saturated heterocycles. The first kappa shape index (κ1) is 21.9. The van der Waals surface area contributed by atoms with Crippen LogP contribution in [0.3, 0.4) is 0 Å². The number of nitrogens with zero attached hydrogens (tertiary/aromatic N) is 2. The Morgan fingerprint density at radius 2 is 1.79 bits per heavy atom. The molecule has 0 aliphatic carbocycles. The Morgan fingerprint density at radius 3 is 2.52 bits per heavy atom. The lowest BCUT2D eigenvalue weighted by molar-refractivity contribution is -0.133. The van der Waals surface area contributed by atoms with Gasteiger partial charge in [0.25, 0.3) is 5.91 Å². The molecular formula is C28H30N2O2S. The van der Waals surface area contributed by atoms with E-state index in [2.05, 4.69) is 44.2 Å². The number of carbonyl (C=O) groups excluding carboxylic acids is 2. The average molecular weight is 459 g/mol. The molecule has 4 nitrogen and oxygen atoms in total. The van der Waals surface area contributed by atoms with Crippen molar-refractivity contribution in [1.82, 2.24) is 9.80 Å². The zero-order valence-corrected chi connectivity index (χ0v) is 20.0. The maximum absolute atomic E-state index is 14.2. The Hall–Kier alpha value is -2.92. The Bertz CT molecular complexity index is 1130. The molecule has 0 bridgehead atoms. The summed E-state index contributed by atoms with van der Waals surface area (Å²) >= 11 is 1.63. The molecule has 0 radical (unpaired) electrons. The van der Waals surface area contributed by atoms with Crippen LogP contribution in [-0.2, 0) is 4.79 Å². The third-order valence-electron chi connectivity index (χ3n) is 6.87. The van der Waals surface area contributed by atoms with E-state index in [9.17, 15) is 9.59 Å². The molecule has 2 aliphatic heterocycles. The molecule has 0 N–H and O–H groups in total. The molecule has 5 heteroatoms. The summed E-state index contributed by atoms with van der Waals surface area (Å²) < 4.78 is 0. The second-order valence-electron chi connectivity index (χ2n) is 9.56. The summed E-state index contributed by atoms with van der Waals surface area (Å²) in [4.78, 5) is 32.8. The normalized spacial score (nSPS) is 22.6. The van der Waals surface area contributed by atoms with Gasteiger partial charge in [0.1, 0.15) is 0 Å². The van der Waals surface area contributed by atoms with E-state index >= 15 is 0 Å². The second kappa shape index (κ2) is 9.14. The van der Waals surface area contributed by atoms with Crippen molar-refractivity contribution in [2.24, 2.45) is 5.92 Å². The lowest BCUT2D eigenvalue weighted by atomic mass is 9.80. The van der Waals surface area contributed by atoms with Gasteiger partial charge in [-0.15, -0.1) is 11.3 Å². The van der Waals surface area contributed by atoms with E-state index in [1.807, 2.05) is 51.6 Å². The fourth-order valence-electron chi connectivity index (χ4n) is 5.38. The van der Waals surface area contributed by atoms with E-state index < -0.39 is 0 Å². The van der Waals surface area contributed by atoms with Crippen LogP contribution >= 0.6 is 11.3 Å². The molecule has 170 valence electrons. The van der Waals surface area contributed by atoms with Gasteiger partial charge in [-0.1, -0.05) is 68.4 Å². The molecule has 5 rings (SSSR count). The van der Waals surface area contributed by atoms with Crippen LogP contribution in [0.2, 0.25) is 0 Å². The summed E-state index contributed by atoms with van der Waals surface area (Å²) in [5.74, 6) is 0.464. The zero-order valence-electron chi connectivity index (χ0n) is 19.2. The van der Waals surface area contributed by atoms with Crippen LogP contribution in [0.4, 0.5) is 0 Å². The monoisotopic (exact) mass is 458 g/mol. The predicted molar refractivity (Wildman–Crippen MR) is 132 cm³/mol. The summed E-state index contributed by atoms with van der Waals surface area (Å²) in [6.45, 7) is 6.37. The molecule has 3 atom stereocenters. The van der Waals surface area contributed by atoms with Crippen molar-refractivity contribution >= 4 is 23.2 Å². The summed E-state index contributed by atoms with van der Waals surface area (Å²) in [5, 5.41) is 2.04. The van der Waals surface area contributed by atoms with Gasteiger partial charge in [-0.2, -0.15) is 0 Å². The molecule has 33 heavy (non-hydrogen) atoms. The highest BCUT2D eigenvalue weighted by Gasteiger charge is 2.46. The highest BCUT2D eigenvalue weighted by molar-refractivity contribution is 7.10. The number of benzene rings is 2. The minimum atomic E-state index is -0.383. The Kier molecular flexibility index (Phi) is 6.07. The minimum absolute atomic E-state index is 0.0327. The summed E-state index contributed by atoms with van der Waals surface area (Å²) in [5.41, 5.74) is 2.83. The van der Waals surface area contributed by atoms with Crippen molar-refractivity contribution in [3.05, 3.63) is 93.7 Å². The first-order valence-corrected chi connectivity index (χ1v) is 12.7. The molecular weight excluding hydrogens is 428 g/mol. The van der Waals surface area contributed by atoms with E-state index in [1.54, 1.807) is 11.3 Å². The standard InChI is InChI=1S/C28H30N2O2S/c1-19(2)17-30-26(24-13-8-16-33-24)25(22-11-6-7-12-23(22)27(30)31)28(32)29-15-14-21(18-29)20-9-4-3-5-10-20/h3-13,16,19,21,25-26H,14-15,17-18H2,1-2H3/t21-,25-,26+/m0/s1. The third kappa shape index (κ3) is 4.10. The van der Waals surface area contributed by atoms with Crippen LogP contribution in [0, 0.1) is 5.92 Å². The molecule has 0 saturated carbocycles. The topological polar surface area (TPSA) is 40.6 Å². The maximum Gasteiger partial charge on any atom is 0.254 e. The minimum Gasteiger partial charge on any atom is -0.341 e. The molecule has 0 unspecified atom stereocenters. The molecule has 2 aromatic carbocycles. The van der Waals surface area contributed by atoms with E-state index in [0.29, 0.717) is 23.9 Å². The predicted octanol–water partition coefficient (Wildman–Crippen LogP) is 5.70. The van der Waals surface area contributed by atoms with Crippen molar-refractivity contribution in [1.29, 1.82) is 0 Å². The van der Waals surface area contributed by atoms with Crippen molar-refractivity contribution in [2.45, 2.75) is 38.1 Å². The number of carbonyl (C=O) groups is 2. The molecule has 2 amide bonds. The molecule has 2 aliphatic rings. The second-order valence-corrected chi connectivity index (χ2v) is 10.5. The SMILES string of the molecule is CC(C)CN1C(=O)c2ccccc2[C@H](C(=O)N2CC[C@H](c3ccccc3)C2)[C@H]1c1cccs1.